The molecule has 2 atom stereocenters. The second-order valence-corrected chi connectivity index (χ2v) is 5.16. The van der Waals surface area contributed by atoms with E-state index in [1.165, 1.54) is 0 Å². The number of alkyl carbamates (subject to hydrolysis) is 1. The topological polar surface area (TPSA) is 58.6 Å². The maximum atomic E-state index is 11.8. The lowest BCUT2D eigenvalue weighted by Crippen LogP contribution is -2.38. The first-order valence-electron chi connectivity index (χ1n) is 6.97. The van der Waals surface area contributed by atoms with Gasteiger partial charge in [-0.05, 0) is 23.1 Å². The van der Waals surface area contributed by atoms with Crippen LogP contribution in [-0.2, 0) is 17.8 Å². The molecule has 0 spiro atoms. The molecule has 0 bridgehead atoms. The number of ether oxygens (including phenoxy) is 1. The molecular weight excluding hydrogens is 266 g/mol. The van der Waals surface area contributed by atoms with Crippen molar-refractivity contribution < 1.29 is 14.6 Å². The quantitative estimate of drug-likeness (QED) is 0.910. The Morgan fingerprint density at radius 2 is 1.86 bits per heavy atom. The third-order valence-corrected chi connectivity index (χ3v) is 3.71. The van der Waals surface area contributed by atoms with Gasteiger partial charge in [-0.25, -0.2) is 4.79 Å². The summed E-state index contributed by atoms with van der Waals surface area (Å²) in [6, 6.07) is 16.8. The number of nitrogens with one attached hydrogen (secondary N) is 1. The van der Waals surface area contributed by atoms with Gasteiger partial charge in [0.05, 0.1) is 12.1 Å². The summed E-state index contributed by atoms with van der Waals surface area (Å²) in [7, 11) is 0. The Kier molecular flexibility index (Phi) is 3.88. The van der Waals surface area contributed by atoms with Crippen LogP contribution >= 0.6 is 0 Å². The summed E-state index contributed by atoms with van der Waals surface area (Å²) in [5.74, 6) is 0. The van der Waals surface area contributed by atoms with Gasteiger partial charge in [-0.15, -0.1) is 0 Å². The van der Waals surface area contributed by atoms with E-state index < -0.39 is 12.2 Å². The second-order valence-electron chi connectivity index (χ2n) is 5.16. The maximum absolute atomic E-state index is 11.8. The van der Waals surface area contributed by atoms with Crippen molar-refractivity contribution in [3.05, 3.63) is 71.3 Å². The molecule has 0 heterocycles. The fourth-order valence-electron chi connectivity index (χ4n) is 2.62. The van der Waals surface area contributed by atoms with Crippen LogP contribution in [0.3, 0.4) is 0 Å². The van der Waals surface area contributed by atoms with Gasteiger partial charge in [-0.3, -0.25) is 0 Å². The van der Waals surface area contributed by atoms with Gasteiger partial charge in [0.1, 0.15) is 6.61 Å². The molecule has 1 amide bonds. The number of hydrogen-bond donors (Lipinski definition) is 2. The van der Waals surface area contributed by atoms with Gasteiger partial charge in [-0.2, -0.15) is 0 Å². The lowest BCUT2D eigenvalue weighted by atomic mass is 10.1. The minimum Gasteiger partial charge on any atom is -0.445 e. The van der Waals surface area contributed by atoms with Crippen molar-refractivity contribution >= 4 is 6.09 Å². The lowest BCUT2D eigenvalue weighted by molar-refractivity contribution is 0.109. The van der Waals surface area contributed by atoms with E-state index in [-0.39, 0.29) is 12.6 Å². The molecule has 108 valence electrons. The van der Waals surface area contributed by atoms with E-state index in [2.05, 4.69) is 5.32 Å². The molecule has 1 aliphatic rings. The second kappa shape index (κ2) is 5.97. The number of fused-ring (bicyclic) bond motifs is 1. The van der Waals surface area contributed by atoms with E-state index in [1.807, 2.05) is 54.6 Å². The first kappa shape index (κ1) is 13.6. The van der Waals surface area contributed by atoms with Crippen LogP contribution in [0.4, 0.5) is 4.79 Å². The van der Waals surface area contributed by atoms with Gasteiger partial charge in [0.2, 0.25) is 0 Å². The molecule has 21 heavy (non-hydrogen) atoms. The van der Waals surface area contributed by atoms with Crippen LogP contribution in [0.2, 0.25) is 0 Å². The molecule has 2 N–H and O–H groups in total. The molecule has 0 radical (unpaired) electrons. The molecule has 0 saturated carbocycles. The van der Waals surface area contributed by atoms with Gasteiger partial charge in [0.25, 0.3) is 0 Å². The highest BCUT2D eigenvalue weighted by molar-refractivity contribution is 5.68. The Labute approximate surface area is 123 Å². The highest BCUT2D eigenvalue weighted by Crippen LogP contribution is 2.30. The van der Waals surface area contributed by atoms with Crippen molar-refractivity contribution in [1.29, 1.82) is 0 Å². The van der Waals surface area contributed by atoms with Crippen molar-refractivity contribution in [2.75, 3.05) is 0 Å². The van der Waals surface area contributed by atoms with Crippen molar-refractivity contribution in [1.82, 2.24) is 5.32 Å². The maximum Gasteiger partial charge on any atom is 0.407 e. The Bertz CT molecular complexity index is 627. The normalized spacial score (nSPS) is 19.9. The highest BCUT2D eigenvalue weighted by atomic mass is 16.5. The standard InChI is InChI=1S/C17H17NO3/c19-16-14-9-5-4-8-13(14)10-15(16)18-17(20)21-11-12-6-2-1-3-7-12/h1-9,15-16,19H,10-11H2,(H,18,20)/t15-,16-/m1/s1. The predicted octanol–water partition coefficient (Wildman–Crippen LogP) is 2.57. The largest absolute Gasteiger partial charge is 0.445 e. The van der Waals surface area contributed by atoms with Crippen molar-refractivity contribution in [3.8, 4) is 0 Å². The molecule has 3 rings (SSSR count). The molecule has 1 aliphatic carbocycles. The zero-order chi connectivity index (χ0) is 14.7. The number of aliphatic hydroxyl groups is 1. The summed E-state index contributed by atoms with van der Waals surface area (Å²) in [4.78, 5) is 11.8. The van der Waals surface area contributed by atoms with Gasteiger partial charge < -0.3 is 15.2 Å². The monoisotopic (exact) mass is 283 g/mol. The zero-order valence-corrected chi connectivity index (χ0v) is 11.5. The SMILES string of the molecule is O=C(N[C@@H]1Cc2ccccc2[C@H]1O)OCc1ccccc1. The summed E-state index contributed by atoms with van der Waals surface area (Å²) in [5, 5.41) is 12.9. The average molecular weight is 283 g/mol. The Balaban J connectivity index is 1.55. The van der Waals surface area contributed by atoms with E-state index in [0.29, 0.717) is 6.42 Å². The highest BCUT2D eigenvalue weighted by Gasteiger charge is 2.31. The van der Waals surface area contributed by atoms with Crippen molar-refractivity contribution in [2.24, 2.45) is 0 Å². The molecule has 2 aromatic rings. The van der Waals surface area contributed by atoms with Gasteiger partial charge in [0.15, 0.2) is 0 Å². The molecular formula is C17H17NO3. The summed E-state index contributed by atoms with van der Waals surface area (Å²) >= 11 is 0. The minimum atomic E-state index is -0.675. The molecule has 4 heteroatoms. The molecule has 4 nitrogen and oxygen atoms in total. The molecule has 0 fully saturated rings. The summed E-state index contributed by atoms with van der Waals surface area (Å²) in [6.07, 6.45) is -0.557. The van der Waals surface area contributed by atoms with Crippen LogP contribution in [0.5, 0.6) is 0 Å². The lowest BCUT2D eigenvalue weighted by Gasteiger charge is -2.16. The van der Waals surface area contributed by atoms with Crippen LogP contribution < -0.4 is 5.32 Å². The first-order chi connectivity index (χ1) is 10.2. The number of rotatable bonds is 3. The fourth-order valence-corrected chi connectivity index (χ4v) is 2.62. The molecule has 0 aromatic heterocycles. The summed E-state index contributed by atoms with van der Waals surface area (Å²) < 4.78 is 5.18. The van der Waals surface area contributed by atoms with Gasteiger partial charge in [0, 0.05) is 0 Å². The van der Waals surface area contributed by atoms with Crippen LogP contribution in [0, 0.1) is 0 Å². The molecule has 0 aliphatic heterocycles. The van der Waals surface area contributed by atoms with Crippen molar-refractivity contribution in [3.63, 3.8) is 0 Å². The van der Waals surface area contributed by atoms with Crippen LogP contribution in [0.1, 0.15) is 22.8 Å². The Morgan fingerprint density at radius 1 is 1.14 bits per heavy atom. The molecule has 0 saturated heterocycles. The fraction of sp³-hybridized carbons (Fsp3) is 0.235. The summed E-state index contributed by atoms with van der Waals surface area (Å²) in [5.41, 5.74) is 2.88. The van der Waals surface area contributed by atoms with Crippen LogP contribution in [-0.4, -0.2) is 17.2 Å². The smallest absolute Gasteiger partial charge is 0.407 e. The number of hydrogen-bond acceptors (Lipinski definition) is 3. The number of carbonyl (C=O) groups is 1. The number of carbonyl (C=O) groups excluding carboxylic acids is 1. The minimum absolute atomic E-state index is 0.225. The Hall–Kier alpha value is -2.33. The van der Waals surface area contributed by atoms with E-state index in [0.717, 1.165) is 16.7 Å². The van der Waals surface area contributed by atoms with E-state index >= 15 is 0 Å². The number of benzene rings is 2. The predicted molar refractivity (Wildman–Crippen MR) is 78.7 cm³/mol. The van der Waals surface area contributed by atoms with Crippen LogP contribution in [0.25, 0.3) is 0 Å². The third-order valence-electron chi connectivity index (χ3n) is 3.71. The molecule has 0 unspecified atom stereocenters. The third kappa shape index (κ3) is 3.06. The molecule has 2 aromatic carbocycles. The number of amides is 1. The summed E-state index contributed by atoms with van der Waals surface area (Å²) in [6.45, 7) is 0.225. The first-order valence-corrected chi connectivity index (χ1v) is 6.97. The number of aliphatic hydroxyl groups excluding tert-OH is 1. The average Bonchev–Trinajstić information content (AvgIpc) is 2.83. The van der Waals surface area contributed by atoms with Gasteiger partial charge in [-0.1, -0.05) is 54.6 Å². The Morgan fingerprint density at radius 3 is 2.62 bits per heavy atom. The van der Waals surface area contributed by atoms with Gasteiger partial charge >= 0.3 is 6.09 Å². The van der Waals surface area contributed by atoms with Crippen LogP contribution in [0.15, 0.2) is 54.6 Å². The zero-order valence-electron chi connectivity index (χ0n) is 11.5. The van der Waals surface area contributed by atoms with E-state index in [9.17, 15) is 9.90 Å². The van der Waals surface area contributed by atoms with E-state index in [1.54, 1.807) is 0 Å². The van der Waals surface area contributed by atoms with Crippen molar-refractivity contribution in [2.45, 2.75) is 25.2 Å². The van der Waals surface area contributed by atoms with E-state index in [4.69, 9.17) is 4.74 Å².